The normalized spacial score (nSPS) is 20.1. The number of amides is 1. The standard InChI is InChI=1S/C24H26ClN3OS/c1-23(2)16-24(3,17-9-11-18(25)12-10-17)28(20-8-6-5-7-19(20)23)21(29)15-30-22-26-13-14-27(22)4/h5-14H,15-16H2,1-4H3. The third kappa shape index (κ3) is 3.65. The first-order valence-corrected chi connectivity index (χ1v) is 11.4. The van der Waals surface area contributed by atoms with E-state index in [1.54, 1.807) is 6.20 Å². The van der Waals surface area contributed by atoms with Gasteiger partial charge < -0.3 is 9.47 Å². The maximum Gasteiger partial charge on any atom is 0.238 e. The first-order chi connectivity index (χ1) is 14.2. The molecule has 30 heavy (non-hydrogen) atoms. The van der Waals surface area contributed by atoms with Crippen LogP contribution in [0.2, 0.25) is 5.02 Å². The summed E-state index contributed by atoms with van der Waals surface area (Å²) in [4.78, 5) is 20.0. The van der Waals surface area contributed by atoms with Crippen molar-refractivity contribution in [1.29, 1.82) is 0 Å². The lowest BCUT2D eigenvalue weighted by atomic mass is 9.67. The van der Waals surface area contributed by atoms with Gasteiger partial charge in [0.2, 0.25) is 5.91 Å². The molecule has 0 fully saturated rings. The summed E-state index contributed by atoms with van der Waals surface area (Å²) >= 11 is 7.63. The van der Waals surface area contributed by atoms with Crippen molar-refractivity contribution in [2.75, 3.05) is 10.7 Å². The Bertz CT molecular complexity index is 1080. The highest BCUT2D eigenvalue weighted by molar-refractivity contribution is 7.99. The number of imidazole rings is 1. The number of halogens is 1. The number of aryl methyl sites for hydroxylation is 1. The molecule has 2 heterocycles. The fourth-order valence-corrected chi connectivity index (χ4v) is 5.58. The molecule has 1 unspecified atom stereocenters. The molecule has 6 heteroatoms. The van der Waals surface area contributed by atoms with Crippen LogP contribution >= 0.6 is 23.4 Å². The van der Waals surface area contributed by atoms with Gasteiger partial charge in [-0.25, -0.2) is 4.98 Å². The molecule has 4 nitrogen and oxygen atoms in total. The average Bonchev–Trinajstić information content (AvgIpc) is 3.11. The lowest BCUT2D eigenvalue weighted by Crippen LogP contribution is -2.55. The lowest BCUT2D eigenvalue weighted by molar-refractivity contribution is -0.117. The second kappa shape index (κ2) is 7.78. The lowest BCUT2D eigenvalue weighted by Gasteiger charge is -2.52. The quantitative estimate of drug-likeness (QED) is 0.482. The van der Waals surface area contributed by atoms with Crippen molar-refractivity contribution in [2.24, 2.45) is 7.05 Å². The van der Waals surface area contributed by atoms with E-state index in [2.05, 4.69) is 44.0 Å². The van der Waals surface area contributed by atoms with Gasteiger partial charge in [-0.3, -0.25) is 4.79 Å². The van der Waals surface area contributed by atoms with Crippen LogP contribution in [0.5, 0.6) is 0 Å². The van der Waals surface area contributed by atoms with Crippen molar-refractivity contribution in [3.05, 3.63) is 77.1 Å². The molecule has 0 radical (unpaired) electrons. The third-order valence-corrected chi connectivity index (χ3v) is 7.27. The van der Waals surface area contributed by atoms with E-state index >= 15 is 0 Å². The van der Waals surface area contributed by atoms with Gasteiger partial charge in [0.25, 0.3) is 0 Å². The topological polar surface area (TPSA) is 38.1 Å². The fourth-order valence-electron chi connectivity index (χ4n) is 4.67. The number of carbonyl (C=O) groups is 1. The van der Waals surface area contributed by atoms with Crippen molar-refractivity contribution >= 4 is 35.0 Å². The second-order valence-electron chi connectivity index (χ2n) is 8.70. The molecule has 0 aliphatic carbocycles. The summed E-state index contributed by atoms with van der Waals surface area (Å²) in [5.74, 6) is 0.395. The van der Waals surface area contributed by atoms with Crippen molar-refractivity contribution in [1.82, 2.24) is 9.55 Å². The number of thioether (sulfide) groups is 1. The zero-order valence-corrected chi connectivity index (χ0v) is 19.3. The van der Waals surface area contributed by atoms with Crippen molar-refractivity contribution in [2.45, 2.75) is 43.3 Å². The number of aromatic nitrogens is 2. The Morgan fingerprint density at radius 2 is 1.83 bits per heavy atom. The van der Waals surface area contributed by atoms with Gasteiger partial charge in [0, 0.05) is 30.2 Å². The van der Waals surface area contributed by atoms with Gasteiger partial charge in [0.05, 0.1) is 11.3 Å². The Labute approximate surface area is 187 Å². The highest BCUT2D eigenvalue weighted by Crippen LogP contribution is 2.51. The van der Waals surface area contributed by atoms with Gasteiger partial charge in [-0.15, -0.1) is 0 Å². The van der Waals surface area contributed by atoms with E-state index in [1.807, 2.05) is 53.0 Å². The van der Waals surface area contributed by atoms with Crippen LogP contribution < -0.4 is 4.90 Å². The van der Waals surface area contributed by atoms with Crippen LogP contribution in [0.3, 0.4) is 0 Å². The molecular formula is C24H26ClN3OS. The molecule has 0 bridgehead atoms. The number of carbonyl (C=O) groups excluding carboxylic acids is 1. The van der Waals surface area contributed by atoms with Crippen molar-refractivity contribution in [3.8, 4) is 0 Å². The second-order valence-corrected chi connectivity index (χ2v) is 10.1. The zero-order chi connectivity index (χ0) is 21.5. The number of nitrogens with zero attached hydrogens (tertiary/aromatic N) is 3. The van der Waals surface area contributed by atoms with E-state index in [-0.39, 0.29) is 11.3 Å². The van der Waals surface area contributed by atoms with Gasteiger partial charge in [0.15, 0.2) is 5.16 Å². The van der Waals surface area contributed by atoms with Crippen molar-refractivity contribution < 1.29 is 4.79 Å². The summed E-state index contributed by atoms with van der Waals surface area (Å²) in [7, 11) is 1.94. The fraction of sp³-hybridized carbons (Fsp3) is 0.333. The Balaban J connectivity index is 1.78. The predicted molar refractivity (Wildman–Crippen MR) is 124 cm³/mol. The van der Waals surface area contributed by atoms with Crippen LogP contribution in [0, 0.1) is 0 Å². The Kier molecular flexibility index (Phi) is 5.45. The molecule has 0 N–H and O–H groups in total. The summed E-state index contributed by atoms with van der Waals surface area (Å²) < 4.78 is 1.93. The molecule has 1 aromatic heterocycles. The van der Waals surface area contributed by atoms with Gasteiger partial charge in [0.1, 0.15) is 0 Å². The SMILES string of the molecule is Cn1ccnc1SCC(=O)N1c2ccccc2C(C)(C)CC1(C)c1ccc(Cl)cc1. The number of benzene rings is 2. The minimum Gasteiger partial charge on any atom is -0.329 e. The first-order valence-electron chi connectivity index (χ1n) is 10.0. The molecule has 0 spiro atoms. The highest BCUT2D eigenvalue weighted by atomic mass is 35.5. The first kappa shape index (κ1) is 21.0. The van der Waals surface area contributed by atoms with Gasteiger partial charge >= 0.3 is 0 Å². The number of hydrogen-bond donors (Lipinski definition) is 0. The van der Waals surface area contributed by atoms with Gasteiger partial charge in [-0.1, -0.05) is 67.5 Å². The highest BCUT2D eigenvalue weighted by Gasteiger charge is 2.48. The number of rotatable bonds is 4. The predicted octanol–water partition coefficient (Wildman–Crippen LogP) is 5.80. The van der Waals surface area contributed by atoms with E-state index < -0.39 is 5.54 Å². The molecule has 3 aromatic rings. The van der Waals surface area contributed by atoms with Crippen LogP contribution in [0.25, 0.3) is 0 Å². The van der Waals surface area contributed by atoms with Crippen LogP contribution in [0.4, 0.5) is 5.69 Å². The Morgan fingerprint density at radius 1 is 1.13 bits per heavy atom. The number of para-hydroxylation sites is 1. The Morgan fingerprint density at radius 3 is 2.50 bits per heavy atom. The summed E-state index contributed by atoms with van der Waals surface area (Å²) in [5.41, 5.74) is 2.71. The van der Waals surface area contributed by atoms with E-state index in [0.29, 0.717) is 10.8 Å². The molecule has 1 aliphatic rings. The molecule has 4 rings (SSSR count). The van der Waals surface area contributed by atoms with Gasteiger partial charge in [-0.2, -0.15) is 0 Å². The minimum atomic E-state index is -0.484. The molecule has 1 aliphatic heterocycles. The summed E-state index contributed by atoms with van der Waals surface area (Å²) in [5, 5.41) is 1.53. The molecule has 1 atom stereocenters. The third-order valence-electron chi connectivity index (χ3n) is 5.97. The molecule has 0 saturated carbocycles. The van der Waals surface area contributed by atoms with Crippen LogP contribution in [-0.2, 0) is 22.8 Å². The molecule has 1 amide bonds. The zero-order valence-electron chi connectivity index (χ0n) is 17.7. The van der Waals surface area contributed by atoms with E-state index in [9.17, 15) is 4.79 Å². The summed E-state index contributed by atoms with van der Waals surface area (Å²) in [6.45, 7) is 6.67. The van der Waals surface area contributed by atoms with E-state index in [0.717, 1.165) is 22.8 Å². The molecular weight excluding hydrogens is 414 g/mol. The molecule has 156 valence electrons. The largest absolute Gasteiger partial charge is 0.329 e. The average molecular weight is 440 g/mol. The summed E-state index contributed by atoms with van der Waals surface area (Å²) in [6, 6.07) is 16.2. The smallest absolute Gasteiger partial charge is 0.238 e. The summed E-state index contributed by atoms with van der Waals surface area (Å²) in [6.07, 6.45) is 4.46. The van der Waals surface area contributed by atoms with Crippen LogP contribution in [0.1, 0.15) is 38.3 Å². The van der Waals surface area contributed by atoms with Crippen LogP contribution in [-0.4, -0.2) is 21.2 Å². The van der Waals surface area contributed by atoms with Gasteiger partial charge in [-0.05, 0) is 48.1 Å². The number of anilines is 1. The number of fused-ring (bicyclic) bond motifs is 1. The van der Waals surface area contributed by atoms with E-state index in [1.165, 1.54) is 17.3 Å². The minimum absolute atomic E-state index is 0.0726. The Hall–Kier alpha value is -2.24. The van der Waals surface area contributed by atoms with Crippen molar-refractivity contribution in [3.63, 3.8) is 0 Å². The molecule has 2 aromatic carbocycles. The molecule has 0 saturated heterocycles. The number of hydrogen-bond acceptors (Lipinski definition) is 3. The maximum atomic E-state index is 13.7. The maximum absolute atomic E-state index is 13.7. The monoisotopic (exact) mass is 439 g/mol. The van der Waals surface area contributed by atoms with Crippen LogP contribution in [0.15, 0.2) is 66.1 Å². The van der Waals surface area contributed by atoms with E-state index in [4.69, 9.17) is 11.6 Å².